The molecule has 1 aromatic carbocycles. The van der Waals surface area contributed by atoms with Crippen LogP contribution in [-0.2, 0) is 6.42 Å². The Labute approximate surface area is 82.8 Å². The van der Waals surface area contributed by atoms with Crippen molar-refractivity contribution in [1.82, 2.24) is 0 Å². The normalized spacial score (nSPS) is 14.8. The van der Waals surface area contributed by atoms with Crippen LogP contribution in [0.4, 0.5) is 5.69 Å². The van der Waals surface area contributed by atoms with Crippen LogP contribution in [0.25, 0.3) is 6.08 Å². The van der Waals surface area contributed by atoms with E-state index >= 15 is 0 Å². The zero-order valence-corrected chi connectivity index (χ0v) is 8.08. The second-order valence-corrected chi connectivity index (χ2v) is 3.47. The summed E-state index contributed by atoms with van der Waals surface area (Å²) in [6.45, 7) is 2.71. The number of allylic oxidation sites excluding steroid dienone is 1. The Morgan fingerprint density at radius 2 is 2.43 bits per heavy atom. The minimum Gasteiger partial charge on any atom is -0.384 e. The molecule has 0 fully saturated rings. The van der Waals surface area contributed by atoms with Crippen LogP contribution in [0.5, 0.6) is 0 Å². The van der Waals surface area contributed by atoms with Gasteiger partial charge < -0.3 is 5.32 Å². The summed E-state index contributed by atoms with van der Waals surface area (Å²) in [4.78, 5) is 10.2. The highest BCUT2D eigenvalue weighted by Crippen LogP contribution is 2.23. The van der Waals surface area contributed by atoms with Gasteiger partial charge in [-0.2, -0.15) is 0 Å². The van der Waals surface area contributed by atoms with Gasteiger partial charge in [0.25, 0.3) is 0 Å². The number of nitroso groups, excluding NO2 is 1. The van der Waals surface area contributed by atoms with Gasteiger partial charge in [-0.05, 0) is 47.9 Å². The molecule has 0 unspecified atom stereocenters. The van der Waals surface area contributed by atoms with E-state index in [-0.39, 0.29) is 0 Å². The van der Waals surface area contributed by atoms with Gasteiger partial charge in [-0.1, -0.05) is 6.07 Å². The molecule has 0 saturated heterocycles. The Morgan fingerprint density at radius 1 is 1.57 bits per heavy atom. The van der Waals surface area contributed by atoms with Gasteiger partial charge in [0.2, 0.25) is 0 Å². The van der Waals surface area contributed by atoms with Crippen molar-refractivity contribution in [3.05, 3.63) is 39.9 Å². The van der Waals surface area contributed by atoms with Gasteiger partial charge in [0.05, 0.1) is 5.70 Å². The summed E-state index contributed by atoms with van der Waals surface area (Å²) in [5, 5.41) is 6.16. The predicted octanol–water partition coefficient (Wildman–Crippen LogP) is 2.78. The van der Waals surface area contributed by atoms with Crippen LogP contribution in [0.2, 0.25) is 0 Å². The number of hydrogen-bond acceptors (Lipinski definition) is 3. The van der Waals surface area contributed by atoms with Crippen molar-refractivity contribution in [1.29, 1.82) is 0 Å². The van der Waals surface area contributed by atoms with E-state index in [1.54, 1.807) is 13.0 Å². The molecule has 1 aliphatic heterocycles. The minimum atomic E-state index is 0.510. The Balaban J connectivity index is 2.33. The van der Waals surface area contributed by atoms with Crippen molar-refractivity contribution in [2.45, 2.75) is 13.3 Å². The first-order valence-electron chi connectivity index (χ1n) is 4.68. The lowest BCUT2D eigenvalue weighted by molar-refractivity contribution is 1.11. The zero-order chi connectivity index (χ0) is 9.97. The summed E-state index contributed by atoms with van der Waals surface area (Å²) in [5.41, 5.74) is 4.08. The van der Waals surface area contributed by atoms with Crippen molar-refractivity contribution < 1.29 is 0 Å². The van der Waals surface area contributed by atoms with Crippen molar-refractivity contribution in [2.75, 3.05) is 11.9 Å². The molecule has 72 valence electrons. The molecule has 1 aromatic rings. The highest BCUT2D eigenvalue weighted by Gasteiger charge is 2.08. The zero-order valence-electron chi connectivity index (χ0n) is 8.08. The lowest BCUT2D eigenvalue weighted by Crippen LogP contribution is -1.90. The summed E-state index contributed by atoms with van der Waals surface area (Å²) >= 11 is 0. The molecule has 1 aliphatic rings. The first-order valence-corrected chi connectivity index (χ1v) is 4.68. The van der Waals surface area contributed by atoms with Crippen LogP contribution < -0.4 is 5.32 Å². The molecule has 0 bridgehead atoms. The molecule has 0 radical (unpaired) electrons. The van der Waals surface area contributed by atoms with Crippen molar-refractivity contribution in [2.24, 2.45) is 5.18 Å². The summed E-state index contributed by atoms with van der Waals surface area (Å²) < 4.78 is 0. The maximum Gasteiger partial charge on any atom is 0.0824 e. The lowest BCUT2D eigenvalue weighted by Gasteiger charge is -2.00. The van der Waals surface area contributed by atoms with Crippen LogP contribution in [0.1, 0.15) is 18.1 Å². The Hall–Kier alpha value is -1.64. The van der Waals surface area contributed by atoms with E-state index in [9.17, 15) is 4.91 Å². The molecule has 0 spiro atoms. The molecular formula is C11H12N2O. The van der Waals surface area contributed by atoms with Crippen LogP contribution >= 0.6 is 0 Å². The number of anilines is 1. The molecule has 1 heterocycles. The molecule has 14 heavy (non-hydrogen) atoms. The molecule has 0 aromatic heterocycles. The monoisotopic (exact) mass is 188 g/mol. The van der Waals surface area contributed by atoms with E-state index in [0.29, 0.717) is 5.70 Å². The molecule has 0 atom stereocenters. The largest absolute Gasteiger partial charge is 0.384 e. The van der Waals surface area contributed by atoms with E-state index in [1.807, 2.05) is 12.1 Å². The van der Waals surface area contributed by atoms with Gasteiger partial charge in [-0.25, -0.2) is 0 Å². The number of nitrogens with one attached hydrogen (secondary N) is 1. The van der Waals surface area contributed by atoms with Gasteiger partial charge in [-0.3, -0.25) is 0 Å². The van der Waals surface area contributed by atoms with E-state index in [1.165, 1.54) is 11.3 Å². The third kappa shape index (κ3) is 1.66. The summed E-state index contributed by atoms with van der Waals surface area (Å²) in [7, 11) is 0. The lowest BCUT2D eigenvalue weighted by atomic mass is 10.1. The number of nitrogens with zero attached hydrogens (tertiary/aromatic N) is 1. The first kappa shape index (κ1) is 8.94. The molecule has 3 nitrogen and oxygen atoms in total. The van der Waals surface area contributed by atoms with Crippen molar-refractivity contribution in [3.63, 3.8) is 0 Å². The Kier molecular flexibility index (Phi) is 2.31. The third-order valence-corrected chi connectivity index (χ3v) is 2.36. The number of hydrogen-bond donors (Lipinski definition) is 1. The highest BCUT2D eigenvalue weighted by molar-refractivity contribution is 5.62. The standard InChI is InChI=1S/C11H12N2O/c1-8(13-14)6-9-2-3-11-10(7-9)4-5-12-11/h2-3,6-7,12H,4-5H2,1H3/b8-6+. The maximum atomic E-state index is 10.2. The SMILES string of the molecule is C/C(=C\c1ccc2c(c1)CCN2)N=O. The fraction of sp³-hybridized carbons (Fsp3) is 0.273. The number of fused-ring (bicyclic) bond motifs is 1. The van der Waals surface area contributed by atoms with Crippen LogP contribution in [0.15, 0.2) is 29.1 Å². The minimum absolute atomic E-state index is 0.510. The van der Waals surface area contributed by atoms with E-state index in [0.717, 1.165) is 18.5 Å². The van der Waals surface area contributed by atoms with Crippen LogP contribution in [0.3, 0.4) is 0 Å². The average molecular weight is 188 g/mol. The second kappa shape index (κ2) is 3.62. The molecule has 0 aliphatic carbocycles. The molecule has 1 N–H and O–H groups in total. The average Bonchev–Trinajstić information content (AvgIpc) is 2.64. The fourth-order valence-electron chi connectivity index (χ4n) is 1.68. The van der Waals surface area contributed by atoms with Crippen molar-refractivity contribution in [3.8, 4) is 0 Å². The fourth-order valence-corrected chi connectivity index (χ4v) is 1.68. The van der Waals surface area contributed by atoms with Crippen LogP contribution in [-0.4, -0.2) is 6.54 Å². The van der Waals surface area contributed by atoms with Crippen LogP contribution in [0, 0.1) is 4.91 Å². The third-order valence-electron chi connectivity index (χ3n) is 2.36. The van der Waals surface area contributed by atoms with Gasteiger partial charge in [0.15, 0.2) is 0 Å². The topological polar surface area (TPSA) is 41.5 Å². The van der Waals surface area contributed by atoms with E-state index in [4.69, 9.17) is 0 Å². The van der Waals surface area contributed by atoms with Gasteiger partial charge >= 0.3 is 0 Å². The summed E-state index contributed by atoms with van der Waals surface area (Å²) in [6, 6.07) is 6.14. The number of rotatable bonds is 2. The molecular weight excluding hydrogens is 176 g/mol. The maximum absolute atomic E-state index is 10.2. The smallest absolute Gasteiger partial charge is 0.0824 e. The molecule has 3 heteroatoms. The summed E-state index contributed by atoms with van der Waals surface area (Å²) in [6.07, 6.45) is 2.86. The van der Waals surface area contributed by atoms with Gasteiger partial charge in [0.1, 0.15) is 0 Å². The quantitative estimate of drug-likeness (QED) is 0.725. The van der Waals surface area contributed by atoms with Crippen molar-refractivity contribution >= 4 is 11.8 Å². The molecule has 0 saturated carbocycles. The molecule has 2 rings (SSSR count). The number of benzene rings is 1. The Morgan fingerprint density at radius 3 is 3.21 bits per heavy atom. The highest BCUT2D eigenvalue weighted by atomic mass is 16.3. The van der Waals surface area contributed by atoms with E-state index in [2.05, 4.69) is 16.6 Å². The summed E-state index contributed by atoms with van der Waals surface area (Å²) in [5.74, 6) is 0. The second-order valence-electron chi connectivity index (χ2n) is 3.47. The van der Waals surface area contributed by atoms with Gasteiger partial charge in [0, 0.05) is 12.2 Å². The molecule has 0 amide bonds. The predicted molar refractivity (Wildman–Crippen MR) is 58.1 cm³/mol. The first-order chi connectivity index (χ1) is 6.79. The van der Waals surface area contributed by atoms with E-state index < -0.39 is 0 Å². The Bertz CT molecular complexity index is 396. The van der Waals surface area contributed by atoms with Gasteiger partial charge in [-0.15, -0.1) is 4.91 Å².